The molecule has 0 aromatic carbocycles. The number of aromatic nitrogens is 2. The van der Waals surface area contributed by atoms with Crippen LogP contribution in [0, 0.1) is 5.92 Å². The van der Waals surface area contributed by atoms with E-state index < -0.39 is 27.9 Å². The van der Waals surface area contributed by atoms with Crippen LogP contribution in [0.1, 0.15) is 36.3 Å². The van der Waals surface area contributed by atoms with Gasteiger partial charge in [0.05, 0.1) is 23.7 Å². The highest BCUT2D eigenvalue weighted by molar-refractivity contribution is 7.91. The summed E-state index contributed by atoms with van der Waals surface area (Å²) in [5.74, 6) is -0.563. The molecule has 1 aromatic rings. The Labute approximate surface area is 152 Å². The number of aryl methyl sites for hydroxylation is 1. The smallest absolute Gasteiger partial charge is 0.287 e. The zero-order valence-corrected chi connectivity index (χ0v) is 15.4. The van der Waals surface area contributed by atoms with Crippen molar-refractivity contribution in [3.63, 3.8) is 0 Å². The molecule has 2 aliphatic rings. The van der Waals surface area contributed by atoms with Gasteiger partial charge in [-0.15, -0.1) is 0 Å². The first-order valence-electron chi connectivity index (χ1n) is 8.72. The van der Waals surface area contributed by atoms with Crippen LogP contribution in [0.4, 0.5) is 0 Å². The van der Waals surface area contributed by atoms with Gasteiger partial charge in [-0.25, -0.2) is 13.4 Å². The molecule has 3 rings (SSSR count). The first-order valence-corrected chi connectivity index (χ1v) is 10.5. The molecule has 0 bridgehead atoms. The number of imidazole rings is 1. The van der Waals surface area contributed by atoms with E-state index in [-0.39, 0.29) is 41.6 Å². The number of amides is 2. The molecule has 0 unspecified atom stereocenters. The van der Waals surface area contributed by atoms with Crippen LogP contribution in [0.5, 0.6) is 0 Å². The Hall–Kier alpha value is -1.94. The van der Waals surface area contributed by atoms with E-state index in [2.05, 4.69) is 15.6 Å². The van der Waals surface area contributed by atoms with Crippen molar-refractivity contribution in [2.45, 2.75) is 43.9 Å². The highest BCUT2D eigenvalue weighted by atomic mass is 32.2. The summed E-state index contributed by atoms with van der Waals surface area (Å²) < 4.78 is 24.5. The van der Waals surface area contributed by atoms with Crippen LogP contribution in [0.3, 0.4) is 0 Å². The van der Waals surface area contributed by atoms with Gasteiger partial charge in [0.15, 0.2) is 5.82 Å². The lowest BCUT2D eigenvalue weighted by Gasteiger charge is -2.24. The number of hydrogen-bond donors (Lipinski definition) is 3. The van der Waals surface area contributed by atoms with E-state index in [1.165, 1.54) is 6.20 Å². The third-order valence-electron chi connectivity index (χ3n) is 5.14. The van der Waals surface area contributed by atoms with Crippen molar-refractivity contribution in [3.05, 3.63) is 18.2 Å². The fourth-order valence-electron chi connectivity index (χ4n) is 3.56. The molecule has 1 aliphatic heterocycles. The van der Waals surface area contributed by atoms with Gasteiger partial charge in [0.2, 0.25) is 5.91 Å². The van der Waals surface area contributed by atoms with Crippen LogP contribution >= 0.6 is 0 Å². The molecule has 10 heteroatoms. The third-order valence-corrected chi connectivity index (χ3v) is 6.86. The number of hydrogen-bond acceptors (Lipinski definition) is 6. The normalized spacial score (nSPS) is 28.6. The summed E-state index contributed by atoms with van der Waals surface area (Å²) in [5.41, 5.74) is 0. The van der Waals surface area contributed by atoms with Crippen molar-refractivity contribution in [2.75, 3.05) is 11.5 Å². The fraction of sp³-hybridized carbons (Fsp3) is 0.688. The first-order chi connectivity index (χ1) is 12.2. The van der Waals surface area contributed by atoms with Gasteiger partial charge < -0.3 is 20.3 Å². The lowest BCUT2D eigenvalue weighted by molar-refractivity contribution is -0.125. The number of sulfone groups is 1. The van der Waals surface area contributed by atoms with E-state index in [0.29, 0.717) is 19.3 Å². The van der Waals surface area contributed by atoms with Gasteiger partial charge in [-0.1, -0.05) is 0 Å². The van der Waals surface area contributed by atoms with Crippen molar-refractivity contribution >= 4 is 21.7 Å². The molecule has 2 fully saturated rings. The van der Waals surface area contributed by atoms with Crippen LogP contribution in [-0.2, 0) is 21.7 Å². The van der Waals surface area contributed by atoms with Gasteiger partial charge in [-0.2, -0.15) is 0 Å². The zero-order chi connectivity index (χ0) is 18.9. The third kappa shape index (κ3) is 4.24. The molecule has 9 nitrogen and oxygen atoms in total. The van der Waals surface area contributed by atoms with Crippen LogP contribution in [0.25, 0.3) is 0 Å². The molecular weight excluding hydrogens is 360 g/mol. The highest BCUT2D eigenvalue weighted by Crippen LogP contribution is 2.27. The van der Waals surface area contributed by atoms with Gasteiger partial charge in [-0.05, 0) is 25.7 Å². The van der Waals surface area contributed by atoms with Gasteiger partial charge >= 0.3 is 0 Å². The van der Waals surface area contributed by atoms with Crippen LogP contribution in [0.15, 0.2) is 12.4 Å². The number of carbonyl (C=O) groups excluding carboxylic acids is 2. The number of nitrogens with one attached hydrogen (secondary N) is 2. The summed E-state index contributed by atoms with van der Waals surface area (Å²) in [7, 11) is -1.27. The molecule has 1 saturated carbocycles. The molecule has 1 aliphatic carbocycles. The monoisotopic (exact) mass is 384 g/mol. The largest absolute Gasteiger partial charge is 0.391 e. The zero-order valence-electron chi connectivity index (χ0n) is 14.6. The summed E-state index contributed by atoms with van der Waals surface area (Å²) in [5, 5.41) is 15.8. The summed E-state index contributed by atoms with van der Waals surface area (Å²) in [6.07, 6.45) is 3.81. The Balaban J connectivity index is 1.52. The summed E-state index contributed by atoms with van der Waals surface area (Å²) in [6.45, 7) is 0. The Morgan fingerprint density at radius 2 is 1.92 bits per heavy atom. The molecule has 26 heavy (non-hydrogen) atoms. The molecule has 0 radical (unpaired) electrons. The molecule has 1 aromatic heterocycles. The Morgan fingerprint density at radius 1 is 1.23 bits per heavy atom. The topological polar surface area (TPSA) is 130 Å². The van der Waals surface area contributed by atoms with Crippen molar-refractivity contribution in [2.24, 2.45) is 13.0 Å². The standard InChI is InChI=1S/C16H24N4O5S/c1-20-5-4-17-14(20)16(23)19-12-8-10(9-13(12)21)15(22)18-11-2-6-26(24,25)7-3-11/h4-5,10-13,21H,2-3,6-9H2,1H3,(H,18,22)(H,19,23)/t10-,12+,13+/m0/s1. The molecule has 2 heterocycles. The van der Waals surface area contributed by atoms with Crippen LogP contribution in [0.2, 0.25) is 0 Å². The summed E-state index contributed by atoms with van der Waals surface area (Å²) in [4.78, 5) is 28.6. The van der Waals surface area contributed by atoms with Crippen LogP contribution in [-0.4, -0.2) is 64.6 Å². The van der Waals surface area contributed by atoms with E-state index in [9.17, 15) is 23.1 Å². The second-order valence-corrected chi connectivity index (χ2v) is 9.42. The van der Waals surface area contributed by atoms with Gasteiger partial charge in [-0.3, -0.25) is 9.59 Å². The maximum Gasteiger partial charge on any atom is 0.287 e. The predicted molar refractivity (Wildman–Crippen MR) is 93.0 cm³/mol. The first kappa shape index (κ1) is 18.8. The lowest BCUT2D eigenvalue weighted by atomic mass is 10.0. The molecule has 3 N–H and O–H groups in total. The SMILES string of the molecule is Cn1ccnc1C(=O)N[C@@H]1C[C@H](C(=O)NC2CCS(=O)(=O)CC2)C[C@H]1O. The number of carbonyl (C=O) groups is 2. The number of aliphatic hydroxyl groups is 1. The van der Waals surface area contributed by atoms with E-state index in [1.54, 1.807) is 17.8 Å². The van der Waals surface area contributed by atoms with Crippen molar-refractivity contribution < 1.29 is 23.1 Å². The highest BCUT2D eigenvalue weighted by Gasteiger charge is 2.39. The minimum absolute atomic E-state index is 0.0909. The van der Waals surface area contributed by atoms with E-state index in [4.69, 9.17) is 0 Å². The number of nitrogens with zero attached hydrogens (tertiary/aromatic N) is 2. The quantitative estimate of drug-likeness (QED) is 0.609. The summed E-state index contributed by atoms with van der Waals surface area (Å²) >= 11 is 0. The molecule has 0 spiro atoms. The number of rotatable bonds is 4. The maximum absolute atomic E-state index is 12.4. The van der Waals surface area contributed by atoms with Crippen LogP contribution < -0.4 is 10.6 Å². The minimum atomic E-state index is -2.97. The second-order valence-electron chi connectivity index (χ2n) is 7.11. The van der Waals surface area contributed by atoms with Crippen molar-refractivity contribution in [1.29, 1.82) is 0 Å². The van der Waals surface area contributed by atoms with E-state index in [0.717, 1.165) is 0 Å². The molecule has 1 saturated heterocycles. The molecule has 3 atom stereocenters. The van der Waals surface area contributed by atoms with Crippen molar-refractivity contribution in [1.82, 2.24) is 20.2 Å². The van der Waals surface area contributed by atoms with Gasteiger partial charge in [0.1, 0.15) is 9.84 Å². The Morgan fingerprint density at radius 3 is 2.54 bits per heavy atom. The van der Waals surface area contributed by atoms with Crippen molar-refractivity contribution in [3.8, 4) is 0 Å². The van der Waals surface area contributed by atoms with Gasteiger partial charge in [0, 0.05) is 31.4 Å². The molecule has 144 valence electrons. The average molecular weight is 384 g/mol. The van der Waals surface area contributed by atoms with E-state index in [1.807, 2.05) is 0 Å². The lowest BCUT2D eigenvalue weighted by Crippen LogP contribution is -2.43. The Kier molecular flexibility index (Phi) is 5.33. The second kappa shape index (κ2) is 7.36. The van der Waals surface area contributed by atoms with E-state index >= 15 is 0 Å². The predicted octanol–water partition coefficient (Wildman–Crippen LogP) is -1.02. The minimum Gasteiger partial charge on any atom is -0.391 e. The summed E-state index contributed by atoms with van der Waals surface area (Å²) in [6, 6.07) is -0.661. The fourth-order valence-corrected chi connectivity index (χ4v) is 5.05. The molecular formula is C16H24N4O5S. The maximum atomic E-state index is 12.4. The molecule has 2 amide bonds. The number of aliphatic hydroxyl groups excluding tert-OH is 1. The van der Waals surface area contributed by atoms with Gasteiger partial charge in [0.25, 0.3) is 5.91 Å². The average Bonchev–Trinajstić information content (AvgIpc) is 3.16. The Bertz CT molecular complexity index is 776.